The lowest BCUT2D eigenvalue weighted by Gasteiger charge is -2.05. The Morgan fingerprint density at radius 2 is 1.95 bits per heavy atom. The summed E-state index contributed by atoms with van der Waals surface area (Å²) in [6.45, 7) is 0. The van der Waals surface area contributed by atoms with Crippen LogP contribution in [-0.4, -0.2) is 16.2 Å². The van der Waals surface area contributed by atoms with Gasteiger partial charge in [0.25, 0.3) is 0 Å². The molecule has 1 unspecified atom stereocenters. The summed E-state index contributed by atoms with van der Waals surface area (Å²) in [6.07, 6.45) is 0.384. The van der Waals surface area contributed by atoms with E-state index in [0.29, 0.717) is 11.1 Å². The molecular formula is C14H10O5. The molecule has 3 aromatic rings. The zero-order valence-corrected chi connectivity index (χ0v) is 9.74. The van der Waals surface area contributed by atoms with Gasteiger partial charge in [0.05, 0.1) is 6.26 Å². The van der Waals surface area contributed by atoms with Gasteiger partial charge in [-0.05, 0) is 18.2 Å². The molecule has 5 nitrogen and oxygen atoms in total. The highest BCUT2D eigenvalue weighted by Gasteiger charge is 2.20. The average Bonchev–Trinajstić information content (AvgIpc) is 3.05. The van der Waals surface area contributed by atoms with Gasteiger partial charge >= 0.3 is 5.97 Å². The number of aromatic carboxylic acids is 1. The van der Waals surface area contributed by atoms with Gasteiger partial charge < -0.3 is 19.0 Å². The van der Waals surface area contributed by atoms with E-state index in [2.05, 4.69) is 0 Å². The van der Waals surface area contributed by atoms with E-state index < -0.39 is 12.1 Å². The number of para-hydroxylation sites is 1. The molecule has 2 aromatic heterocycles. The number of aliphatic hydroxyl groups excluding tert-OH is 1. The molecule has 5 heteroatoms. The third-order valence-electron chi connectivity index (χ3n) is 2.91. The van der Waals surface area contributed by atoms with E-state index in [1.54, 1.807) is 6.07 Å². The fourth-order valence-corrected chi connectivity index (χ4v) is 1.98. The zero-order chi connectivity index (χ0) is 13.4. The van der Waals surface area contributed by atoms with Crippen molar-refractivity contribution in [2.75, 3.05) is 0 Å². The monoisotopic (exact) mass is 258 g/mol. The number of rotatable bonds is 3. The molecule has 2 N–H and O–H groups in total. The van der Waals surface area contributed by atoms with E-state index in [9.17, 15) is 9.90 Å². The first-order valence-corrected chi connectivity index (χ1v) is 5.64. The maximum absolute atomic E-state index is 10.7. The van der Waals surface area contributed by atoms with Gasteiger partial charge in [0.2, 0.25) is 5.76 Å². The highest BCUT2D eigenvalue weighted by Crippen LogP contribution is 2.31. The quantitative estimate of drug-likeness (QED) is 0.754. The van der Waals surface area contributed by atoms with Crippen molar-refractivity contribution >= 4 is 16.9 Å². The van der Waals surface area contributed by atoms with Crippen LogP contribution in [0.25, 0.3) is 11.0 Å². The number of carboxylic acid groups (broad SMARTS) is 1. The molecule has 0 saturated carbocycles. The molecule has 0 aliphatic carbocycles. The third kappa shape index (κ3) is 1.90. The van der Waals surface area contributed by atoms with Crippen LogP contribution in [0.2, 0.25) is 0 Å². The van der Waals surface area contributed by atoms with Crippen LogP contribution in [0.1, 0.15) is 28.0 Å². The Morgan fingerprint density at radius 1 is 1.16 bits per heavy atom. The molecule has 0 radical (unpaired) electrons. The zero-order valence-electron chi connectivity index (χ0n) is 9.74. The Bertz CT molecular complexity index is 737. The molecule has 1 aromatic carbocycles. The van der Waals surface area contributed by atoms with Crippen LogP contribution in [0.3, 0.4) is 0 Å². The lowest BCUT2D eigenvalue weighted by molar-refractivity contribution is 0.0655. The summed E-state index contributed by atoms with van der Waals surface area (Å²) in [5.74, 6) is -1.21. The van der Waals surface area contributed by atoms with Crippen LogP contribution in [0.4, 0.5) is 0 Å². The van der Waals surface area contributed by atoms with Gasteiger partial charge in [-0.3, -0.25) is 0 Å². The van der Waals surface area contributed by atoms with E-state index in [1.807, 2.05) is 18.2 Å². The van der Waals surface area contributed by atoms with Crippen molar-refractivity contribution < 1.29 is 23.8 Å². The smallest absolute Gasteiger partial charge is 0.371 e. The van der Waals surface area contributed by atoms with Crippen LogP contribution in [0, 0.1) is 0 Å². The molecule has 0 aliphatic heterocycles. The summed E-state index contributed by atoms with van der Waals surface area (Å²) in [6, 6.07) is 10.0. The molecule has 2 heterocycles. The van der Waals surface area contributed by atoms with Crippen molar-refractivity contribution in [1.29, 1.82) is 0 Å². The van der Waals surface area contributed by atoms with E-state index in [-0.39, 0.29) is 11.5 Å². The van der Waals surface area contributed by atoms with E-state index in [1.165, 1.54) is 18.4 Å². The van der Waals surface area contributed by atoms with Crippen LogP contribution in [-0.2, 0) is 0 Å². The van der Waals surface area contributed by atoms with Crippen LogP contribution >= 0.6 is 0 Å². The molecule has 0 fully saturated rings. The lowest BCUT2D eigenvalue weighted by atomic mass is 10.1. The second kappa shape index (κ2) is 4.29. The van der Waals surface area contributed by atoms with Gasteiger partial charge in [-0.25, -0.2) is 4.79 Å². The number of hydrogen-bond donors (Lipinski definition) is 2. The fourth-order valence-electron chi connectivity index (χ4n) is 1.98. The van der Waals surface area contributed by atoms with E-state index >= 15 is 0 Å². The number of hydrogen-bond acceptors (Lipinski definition) is 4. The van der Waals surface area contributed by atoms with Crippen molar-refractivity contribution in [3.05, 3.63) is 59.7 Å². The van der Waals surface area contributed by atoms with Gasteiger partial charge in [0.1, 0.15) is 17.4 Å². The predicted molar refractivity (Wildman–Crippen MR) is 65.9 cm³/mol. The fraction of sp³-hybridized carbons (Fsp3) is 0.0714. The summed E-state index contributed by atoms with van der Waals surface area (Å²) in [4.78, 5) is 10.7. The summed E-state index contributed by atoms with van der Waals surface area (Å²) < 4.78 is 10.4. The van der Waals surface area contributed by atoms with Crippen molar-refractivity contribution in [1.82, 2.24) is 0 Å². The number of carboxylic acids is 1. The molecule has 0 bridgehead atoms. The summed E-state index contributed by atoms with van der Waals surface area (Å²) >= 11 is 0. The Morgan fingerprint density at radius 3 is 2.68 bits per heavy atom. The van der Waals surface area contributed by atoms with Gasteiger partial charge in [-0.2, -0.15) is 0 Å². The van der Waals surface area contributed by atoms with Gasteiger partial charge in [0, 0.05) is 10.9 Å². The minimum Gasteiger partial charge on any atom is -0.475 e. The largest absolute Gasteiger partial charge is 0.475 e. The normalized spacial score (nSPS) is 12.7. The van der Waals surface area contributed by atoms with Crippen LogP contribution in [0.15, 0.2) is 51.5 Å². The average molecular weight is 258 g/mol. The minimum atomic E-state index is -1.17. The number of furan rings is 2. The standard InChI is InChI=1S/C14H10O5/c15-13(11-5-6-12(19-11)14(16)17)9-7-18-10-4-2-1-3-8(9)10/h1-7,13,15H,(H,16,17). The van der Waals surface area contributed by atoms with Crippen LogP contribution < -0.4 is 0 Å². The first-order chi connectivity index (χ1) is 9.16. The van der Waals surface area contributed by atoms with E-state index in [4.69, 9.17) is 13.9 Å². The van der Waals surface area contributed by atoms with Gasteiger partial charge in [0.15, 0.2) is 0 Å². The first-order valence-electron chi connectivity index (χ1n) is 5.64. The minimum absolute atomic E-state index is 0.170. The predicted octanol–water partition coefficient (Wildman–Crippen LogP) is 2.81. The Balaban J connectivity index is 2.03. The van der Waals surface area contributed by atoms with Crippen molar-refractivity contribution in [3.8, 4) is 0 Å². The summed E-state index contributed by atoms with van der Waals surface area (Å²) in [5.41, 5.74) is 1.20. The van der Waals surface area contributed by atoms with Crippen molar-refractivity contribution in [2.24, 2.45) is 0 Å². The number of fused-ring (bicyclic) bond motifs is 1. The molecule has 3 rings (SSSR count). The summed E-state index contributed by atoms with van der Waals surface area (Å²) in [5, 5.41) is 19.8. The number of aliphatic hydroxyl groups is 1. The number of benzene rings is 1. The molecule has 0 saturated heterocycles. The second-order valence-corrected chi connectivity index (χ2v) is 4.10. The van der Waals surface area contributed by atoms with Gasteiger partial charge in [-0.15, -0.1) is 0 Å². The maximum atomic E-state index is 10.7. The lowest BCUT2D eigenvalue weighted by Crippen LogP contribution is -1.97. The molecule has 0 spiro atoms. The highest BCUT2D eigenvalue weighted by atomic mass is 16.4. The SMILES string of the molecule is O=C(O)c1ccc(C(O)c2coc3ccccc23)o1. The molecule has 0 amide bonds. The van der Waals surface area contributed by atoms with Crippen molar-refractivity contribution in [3.63, 3.8) is 0 Å². The van der Waals surface area contributed by atoms with Crippen LogP contribution in [0.5, 0.6) is 0 Å². The Hall–Kier alpha value is -2.53. The van der Waals surface area contributed by atoms with Crippen molar-refractivity contribution in [2.45, 2.75) is 6.10 Å². The van der Waals surface area contributed by atoms with Gasteiger partial charge in [-0.1, -0.05) is 18.2 Å². The highest BCUT2D eigenvalue weighted by molar-refractivity contribution is 5.84. The first kappa shape index (κ1) is 11.6. The Labute approximate surface area is 107 Å². The molecular weight excluding hydrogens is 248 g/mol. The third-order valence-corrected chi connectivity index (χ3v) is 2.91. The molecule has 1 atom stereocenters. The molecule has 96 valence electrons. The maximum Gasteiger partial charge on any atom is 0.371 e. The topological polar surface area (TPSA) is 83.8 Å². The second-order valence-electron chi connectivity index (χ2n) is 4.10. The number of carbonyl (C=O) groups is 1. The molecule has 19 heavy (non-hydrogen) atoms. The van der Waals surface area contributed by atoms with E-state index in [0.717, 1.165) is 5.39 Å². The molecule has 0 aliphatic rings. The summed E-state index contributed by atoms with van der Waals surface area (Å²) in [7, 11) is 0. The Kier molecular flexibility index (Phi) is 2.61.